The molecular weight excluding hydrogens is 344 g/mol. The summed E-state index contributed by atoms with van der Waals surface area (Å²) in [5.74, 6) is 0.0282. The first-order valence-corrected chi connectivity index (χ1v) is 8.50. The van der Waals surface area contributed by atoms with Crippen LogP contribution in [0, 0.1) is 0 Å². The third-order valence-corrected chi connectivity index (χ3v) is 4.49. The van der Waals surface area contributed by atoms with E-state index < -0.39 is 6.04 Å². The number of urea groups is 1. The summed E-state index contributed by atoms with van der Waals surface area (Å²) in [5, 5.41) is 7.20. The second-order valence-electron chi connectivity index (χ2n) is 5.94. The average Bonchev–Trinajstić information content (AvgIpc) is 3.02. The maximum absolute atomic E-state index is 12.8. The fourth-order valence-corrected chi connectivity index (χ4v) is 3.02. The summed E-state index contributed by atoms with van der Waals surface area (Å²) in [6.45, 7) is 7.64. The van der Waals surface area contributed by atoms with E-state index in [1.807, 2.05) is 41.8 Å². The van der Waals surface area contributed by atoms with Gasteiger partial charge in [-0.1, -0.05) is 0 Å². The molecule has 25 heavy (non-hydrogen) atoms. The van der Waals surface area contributed by atoms with Gasteiger partial charge in [0.1, 0.15) is 6.04 Å². The Labute approximate surface area is 155 Å². The molecule has 9 heteroatoms. The number of hydrogen-bond donors (Lipinski definition) is 1. The normalized spacial score (nSPS) is 15.5. The summed E-state index contributed by atoms with van der Waals surface area (Å²) >= 11 is 0. The van der Waals surface area contributed by atoms with E-state index in [9.17, 15) is 9.59 Å². The fraction of sp³-hybridized carbons (Fsp3) is 0.688. The molecule has 1 aromatic heterocycles. The van der Waals surface area contributed by atoms with Crippen LogP contribution < -0.4 is 5.32 Å². The van der Waals surface area contributed by atoms with Crippen molar-refractivity contribution in [2.45, 2.75) is 19.9 Å². The topological polar surface area (TPSA) is 73.7 Å². The molecule has 2 rings (SSSR count). The first kappa shape index (κ1) is 21.2. The molecule has 3 amide bonds. The average molecular weight is 373 g/mol. The number of rotatable bonds is 5. The van der Waals surface area contributed by atoms with Crippen LogP contribution in [0.15, 0.2) is 12.4 Å². The highest BCUT2D eigenvalue weighted by Crippen LogP contribution is 2.16. The predicted molar refractivity (Wildman–Crippen MR) is 98.7 cm³/mol. The number of carbonyl (C=O) groups excluding carboxylic acids is 2. The van der Waals surface area contributed by atoms with Crippen LogP contribution in [-0.2, 0) is 11.8 Å². The van der Waals surface area contributed by atoms with Gasteiger partial charge in [0, 0.05) is 58.1 Å². The van der Waals surface area contributed by atoms with Gasteiger partial charge in [-0.05, 0) is 20.9 Å². The zero-order valence-electron chi connectivity index (χ0n) is 15.4. The molecule has 1 atom stereocenters. The highest BCUT2D eigenvalue weighted by Gasteiger charge is 2.30. The Morgan fingerprint density at radius 3 is 2.20 bits per heavy atom. The Bertz CT molecular complexity index is 567. The Hall–Kier alpha value is -1.80. The Morgan fingerprint density at radius 2 is 1.76 bits per heavy atom. The maximum atomic E-state index is 12.8. The molecule has 0 spiro atoms. The predicted octanol–water partition coefficient (Wildman–Crippen LogP) is 0.708. The van der Waals surface area contributed by atoms with Crippen molar-refractivity contribution in [1.82, 2.24) is 29.8 Å². The van der Waals surface area contributed by atoms with Crippen molar-refractivity contribution in [2.75, 3.05) is 46.3 Å². The van der Waals surface area contributed by atoms with Gasteiger partial charge in [-0.2, -0.15) is 5.10 Å². The second-order valence-corrected chi connectivity index (χ2v) is 5.94. The third-order valence-electron chi connectivity index (χ3n) is 4.49. The third kappa shape index (κ3) is 4.85. The number of likely N-dealkylation sites (N-methyl/N-ethyl adjacent to an activating group) is 1. The van der Waals surface area contributed by atoms with Crippen LogP contribution in [-0.4, -0.2) is 82.7 Å². The van der Waals surface area contributed by atoms with Gasteiger partial charge >= 0.3 is 6.03 Å². The first-order valence-electron chi connectivity index (χ1n) is 8.50. The molecule has 0 radical (unpaired) electrons. The van der Waals surface area contributed by atoms with Gasteiger partial charge in [-0.3, -0.25) is 9.48 Å². The van der Waals surface area contributed by atoms with Gasteiger partial charge in [-0.15, -0.1) is 12.4 Å². The van der Waals surface area contributed by atoms with Gasteiger partial charge in [0.15, 0.2) is 0 Å². The number of nitrogens with zero attached hydrogens (tertiary/aromatic N) is 5. The van der Waals surface area contributed by atoms with Gasteiger partial charge < -0.3 is 20.0 Å². The zero-order valence-corrected chi connectivity index (χ0v) is 16.3. The number of nitrogens with one attached hydrogen (secondary N) is 1. The molecule has 1 aromatic rings. The van der Waals surface area contributed by atoms with E-state index in [0.29, 0.717) is 39.3 Å². The SMILES string of the molecule is CCN(CC)C(=O)N1CCN(C(=O)C(NC)c2cnn(C)c2)CC1.Cl. The van der Waals surface area contributed by atoms with Crippen LogP contribution in [0.4, 0.5) is 4.79 Å². The highest BCUT2D eigenvalue weighted by molar-refractivity contribution is 5.85. The molecule has 2 heterocycles. The number of carbonyl (C=O) groups is 2. The van der Waals surface area contributed by atoms with Crippen molar-refractivity contribution >= 4 is 24.3 Å². The van der Waals surface area contributed by atoms with Crippen molar-refractivity contribution in [3.63, 3.8) is 0 Å². The van der Waals surface area contributed by atoms with Crippen molar-refractivity contribution in [1.29, 1.82) is 0 Å². The lowest BCUT2D eigenvalue weighted by molar-refractivity contribution is -0.135. The Balaban J connectivity index is 0.00000312. The molecule has 0 saturated carbocycles. The van der Waals surface area contributed by atoms with Crippen LogP contribution in [0.1, 0.15) is 25.5 Å². The molecule has 1 aliphatic rings. The molecule has 142 valence electrons. The number of hydrogen-bond acceptors (Lipinski definition) is 4. The summed E-state index contributed by atoms with van der Waals surface area (Å²) in [5.41, 5.74) is 0.853. The summed E-state index contributed by atoms with van der Waals surface area (Å²) < 4.78 is 1.69. The number of aromatic nitrogens is 2. The van der Waals surface area contributed by atoms with E-state index in [0.717, 1.165) is 5.56 Å². The summed E-state index contributed by atoms with van der Waals surface area (Å²) in [7, 11) is 3.61. The minimum Gasteiger partial charge on any atom is -0.337 e. The van der Waals surface area contributed by atoms with Crippen molar-refractivity contribution in [3.8, 4) is 0 Å². The number of aryl methyl sites for hydroxylation is 1. The lowest BCUT2D eigenvalue weighted by Crippen LogP contribution is -2.55. The van der Waals surface area contributed by atoms with E-state index in [-0.39, 0.29) is 24.3 Å². The van der Waals surface area contributed by atoms with Crippen molar-refractivity contribution in [3.05, 3.63) is 18.0 Å². The lowest BCUT2D eigenvalue weighted by Gasteiger charge is -2.38. The number of halogens is 1. The van der Waals surface area contributed by atoms with E-state index in [1.165, 1.54) is 0 Å². The van der Waals surface area contributed by atoms with Crippen molar-refractivity contribution < 1.29 is 9.59 Å². The van der Waals surface area contributed by atoms with E-state index in [4.69, 9.17) is 0 Å². The molecular formula is C16H29ClN6O2. The Morgan fingerprint density at radius 1 is 1.20 bits per heavy atom. The molecule has 1 saturated heterocycles. The van der Waals surface area contributed by atoms with Crippen LogP contribution >= 0.6 is 12.4 Å². The van der Waals surface area contributed by atoms with Gasteiger partial charge in [0.25, 0.3) is 0 Å². The molecule has 1 N–H and O–H groups in total. The van der Waals surface area contributed by atoms with Crippen molar-refractivity contribution in [2.24, 2.45) is 7.05 Å². The Kier molecular flexibility index (Phi) is 8.18. The molecule has 1 unspecified atom stereocenters. The van der Waals surface area contributed by atoms with Crippen LogP contribution in [0.25, 0.3) is 0 Å². The van der Waals surface area contributed by atoms with Gasteiger partial charge in [0.05, 0.1) is 6.20 Å². The molecule has 1 fully saturated rings. The van der Waals surface area contributed by atoms with Crippen LogP contribution in [0.2, 0.25) is 0 Å². The minimum atomic E-state index is -0.399. The standard InChI is InChI=1S/C16H28N6O2.ClH/c1-5-20(6-2)16(24)22-9-7-21(8-10-22)15(23)14(17-3)13-11-18-19(4)12-13;/h11-12,14,17H,5-10H2,1-4H3;1H. The smallest absolute Gasteiger partial charge is 0.320 e. The number of piperazine rings is 1. The first-order chi connectivity index (χ1) is 11.5. The van der Waals surface area contributed by atoms with Gasteiger partial charge in [0.2, 0.25) is 5.91 Å². The molecule has 8 nitrogen and oxygen atoms in total. The van der Waals surface area contributed by atoms with Gasteiger partial charge in [-0.25, -0.2) is 4.79 Å². The molecule has 0 aromatic carbocycles. The fourth-order valence-electron chi connectivity index (χ4n) is 3.02. The van der Waals surface area contributed by atoms with E-state index in [1.54, 1.807) is 17.9 Å². The summed E-state index contributed by atoms with van der Waals surface area (Å²) in [6.07, 6.45) is 3.55. The van der Waals surface area contributed by atoms with E-state index in [2.05, 4.69) is 10.4 Å². The highest BCUT2D eigenvalue weighted by atomic mass is 35.5. The lowest BCUT2D eigenvalue weighted by atomic mass is 10.1. The quantitative estimate of drug-likeness (QED) is 0.826. The number of amides is 3. The minimum absolute atomic E-state index is 0. The molecule has 0 bridgehead atoms. The second kappa shape index (κ2) is 9.62. The largest absolute Gasteiger partial charge is 0.337 e. The monoisotopic (exact) mass is 372 g/mol. The summed E-state index contributed by atoms with van der Waals surface area (Å²) in [4.78, 5) is 30.6. The zero-order chi connectivity index (χ0) is 17.7. The molecule has 1 aliphatic heterocycles. The van der Waals surface area contributed by atoms with Crippen LogP contribution in [0.5, 0.6) is 0 Å². The van der Waals surface area contributed by atoms with Crippen LogP contribution in [0.3, 0.4) is 0 Å². The summed E-state index contributed by atoms with van der Waals surface area (Å²) in [6, 6.07) is -0.340. The maximum Gasteiger partial charge on any atom is 0.320 e. The molecule has 0 aliphatic carbocycles. The van der Waals surface area contributed by atoms with E-state index >= 15 is 0 Å².